The minimum Gasteiger partial charge on any atom is -0.366 e. The molecule has 1 aliphatic rings. The van der Waals surface area contributed by atoms with E-state index in [1.54, 1.807) is 12.1 Å². The van der Waals surface area contributed by atoms with Gasteiger partial charge in [-0.25, -0.2) is 13.6 Å². The van der Waals surface area contributed by atoms with E-state index in [0.717, 1.165) is 31.7 Å². The van der Waals surface area contributed by atoms with E-state index >= 15 is 0 Å². The van der Waals surface area contributed by atoms with Crippen molar-refractivity contribution in [1.82, 2.24) is 5.32 Å². The smallest absolute Gasteiger partial charge is 0.238 e. The van der Waals surface area contributed by atoms with Gasteiger partial charge in [0.1, 0.15) is 0 Å². The number of nitrogens with two attached hydrogens (primary N) is 1. The summed E-state index contributed by atoms with van der Waals surface area (Å²) in [6.07, 6.45) is 1.06. The summed E-state index contributed by atoms with van der Waals surface area (Å²) in [5.41, 5.74) is 1.05. The van der Waals surface area contributed by atoms with E-state index in [4.69, 9.17) is 5.14 Å². The van der Waals surface area contributed by atoms with Gasteiger partial charge in [-0.1, -0.05) is 6.92 Å². The second kappa shape index (κ2) is 5.26. The van der Waals surface area contributed by atoms with Gasteiger partial charge in [0.25, 0.3) is 0 Å². The molecule has 0 atom stereocenters. The van der Waals surface area contributed by atoms with E-state index in [9.17, 15) is 8.42 Å². The highest BCUT2D eigenvalue weighted by atomic mass is 32.2. The summed E-state index contributed by atoms with van der Waals surface area (Å²) in [6, 6.07) is 7.30. The van der Waals surface area contributed by atoms with Crippen molar-refractivity contribution in [2.45, 2.75) is 24.3 Å². The summed E-state index contributed by atoms with van der Waals surface area (Å²) in [6.45, 7) is 5.08. The molecule has 0 unspecified atom stereocenters. The largest absolute Gasteiger partial charge is 0.366 e. The number of nitrogens with one attached hydrogen (secondary N) is 1. The fourth-order valence-electron chi connectivity index (χ4n) is 2.08. The van der Waals surface area contributed by atoms with Crippen molar-refractivity contribution in [3.05, 3.63) is 24.3 Å². The zero-order chi connectivity index (χ0) is 13.2. The maximum absolute atomic E-state index is 11.2. The van der Waals surface area contributed by atoms with Gasteiger partial charge in [0, 0.05) is 25.3 Å². The zero-order valence-electron chi connectivity index (χ0n) is 10.5. The maximum Gasteiger partial charge on any atom is 0.238 e. The van der Waals surface area contributed by atoms with Gasteiger partial charge in [-0.05, 0) is 30.7 Å². The lowest BCUT2D eigenvalue weighted by atomic mass is 10.1. The summed E-state index contributed by atoms with van der Waals surface area (Å²) < 4.78 is 22.4. The molecule has 0 radical (unpaired) electrons. The van der Waals surface area contributed by atoms with Crippen LogP contribution in [0.2, 0.25) is 0 Å². The molecular formula is C12H19N3O2S. The average Bonchev–Trinajstić information content (AvgIpc) is 2.25. The van der Waals surface area contributed by atoms with Crippen molar-refractivity contribution < 1.29 is 8.42 Å². The molecule has 2 rings (SSSR count). The van der Waals surface area contributed by atoms with Crippen LogP contribution in [0.4, 0.5) is 5.69 Å². The Bertz CT molecular complexity index is 495. The van der Waals surface area contributed by atoms with Gasteiger partial charge in [0.05, 0.1) is 10.9 Å². The summed E-state index contributed by atoms with van der Waals surface area (Å²) >= 11 is 0. The molecule has 18 heavy (non-hydrogen) atoms. The number of hydrogen-bond acceptors (Lipinski definition) is 4. The second-order valence-electron chi connectivity index (χ2n) is 4.54. The third kappa shape index (κ3) is 2.82. The molecule has 6 heteroatoms. The predicted molar refractivity (Wildman–Crippen MR) is 72.1 cm³/mol. The van der Waals surface area contributed by atoms with Gasteiger partial charge in [-0.2, -0.15) is 0 Å². The monoisotopic (exact) mass is 269 g/mol. The summed E-state index contributed by atoms with van der Waals surface area (Å²) in [7, 11) is -3.60. The fraction of sp³-hybridized carbons (Fsp3) is 0.500. The normalized spacial score (nSPS) is 16.3. The average molecular weight is 269 g/mol. The van der Waals surface area contributed by atoms with E-state index in [1.165, 1.54) is 0 Å². The van der Waals surface area contributed by atoms with Crippen LogP contribution < -0.4 is 15.4 Å². The van der Waals surface area contributed by atoms with Crippen LogP contribution in [0.3, 0.4) is 0 Å². The van der Waals surface area contributed by atoms with Crippen molar-refractivity contribution in [3.8, 4) is 0 Å². The number of benzene rings is 1. The first-order valence-corrected chi connectivity index (χ1v) is 7.67. The summed E-state index contributed by atoms with van der Waals surface area (Å²) in [5.74, 6) is 0. The van der Waals surface area contributed by atoms with Crippen molar-refractivity contribution >= 4 is 15.7 Å². The standard InChI is InChI=1S/C12H19N3O2S/c1-2-7-15(11-8-14-9-11)10-3-5-12(6-4-10)18(13,16)17/h3-6,11,14H,2,7-9H2,1H3,(H2,13,16,17). The van der Waals surface area contributed by atoms with Crippen LogP contribution >= 0.6 is 0 Å². The first-order valence-electron chi connectivity index (χ1n) is 6.12. The van der Waals surface area contributed by atoms with Gasteiger partial charge in [-0.15, -0.1) is 0 Å². The molecule has 1 aromatic carbocycles. The third-order valence-electron chi connectivity index (χ3n) is 3.16. The SMILES string of the molecule is CCCN(c1ccc(S(N)(=O)=O)cc1)C1CNC1. The quantitative estimate of drug-likeness (QED) is 0.817. The Balaban J connectivity index is 2.20. The number of nitrogens with zero attached hydrogens (tertiary/aromatic N) is 1. The Hall–Kier alpha value is -1.11. The van der Waals surface area contributed by atoms with Crippen LogP contribution in [-0.4, -0.2) is 34.1 Å². The van der Waals surface area contributed by atoms with E-state index in [-0.39, 0.29) is 4.90 Å². The minimum atomic E-state index is -3.60. The third-order valence-corrected chi connectivity index (χ3v) is 4.09. The van der Waals surface area contributed by atoms with E-state index in [2.05, 4.69) is 17.1 Å². The number of hydrogen-bond donors (Lipinski definition) is 2. The van der Waals surface area contributed by atoms with Crippen LogP contribution in [0, 0.1) is 0 Å². The van der Waals surface area contributed by atoms with E-state index in [0.29, 0.717) is 6.04 Å². The van der Waals surface area contributed by atoms with Gasteiger partial charge in [-0.3, -0.25) is 0 Å². The first-order chi connectivity index (χ1) is 8.52. The van der Waals surface area contributed by atoms with Crippen LogP contribution in [-0.2, 0) is 10.0 Å². The Morgan fingerprint density at radius 3 is 2.33 bits per heavy atom. The van der Waals surface area contributed by atoms with E-state index < -0.39 is 10.0 Å². The second-order valence-corrected chi connectivity index (χ2v) is 6.11. The molecule has 1 saturated heterocycles. The number of primary sulfonamides is 1. The summed E-state index contributed by atoms with van der Waals surface area (Å²) in [5, 5.41) is 8.34. The minimum absolute atomic E-state index is 0.162. The molecule has 1 fully saturated rings. The topological polar surface area (TPSA) is 75.4 Å². The number of rotatable bonds is 5. The molecule has 0 amide bonds. The first kappa shape index (κ1) is 13.3. The maximum atomic E-state index is 11.2. The lowest BCUT2D eigenvalue weighted by Gasteiger charge is -2.39. The molecule has 1 heterocycles. The number of sulfonamides is 1. The Morgan fingerprint density at radius 2 is 1.94 bits per heavy atom. The summed E-state index contributed by atoms with van der Waals surface area (Å²) in [4.78, 5) is 2.47. The lowest BCUT2D eigenvalue weighted by molar-refractivity contribution is 0.412. The van der Waals surface area contributed by atoms with Crippen LogP contribution in [0.5, 0.6) is 0 Å². The highest BCUT2D eigenvalue weighted by molar-refractivity contribution is 7.89. The molecule has 5 nitrogen and oxygen atoms in total. The highest BCUT2D eigenvalue weighted by Crippen LogP contribution is 2.21. The molecule has 0 aliphatic carbocycles. The van der Waals surface area contributed by atoms with Gasteiger partial charge >= 0.3 is 0 Å². The molecule has 0 aromatic heterocycles. The van der Waals surface area contributed by atoms with Crippen molar-refractivity contribution in [2.75, 3.05) is 24.5 Å². The Morgan fingerprint density at radius 1 is 1.33 bits per heavy atom. The Labute approximate surface area is 108 Å². The van der Waals surface area contributed by atoms with Crippen molar-refractivity contribution in [3.63, 3.8) is 0 Å². The molecule has 0 spiro atoms. The molecule has 1 aliphatic heterocycles. The van der Waals surface area contributed by atoms with Crippen LogP contribution in [0.25, 0.3) is 0 Å². The molecular weight excluding hydrogens is 250 g/mol. The van der Waals surface area contributed by atoms with Gasteiger partial charge in [0.2, 0.25) is 10.0 Å². The molecule has 0 saturated carbocycles. The van der Waals surface area contributed by atoms with Gasteiger partial charge in [0.15, 0.2) is 0 Å². The lowest BCUT2D eigenvalue weighted by Crippen LogP contribution is -2.57. The van der Waals surface area contributed by atoms with Crippen LogP contribution in [0.1, 0.15) is 13.3 Å². The number of anilines is 1. The van der Waals surface area contributed by atoms with Crippen LogP contribution in [0.15, 0.2) is 29.2 Å². The molecule has 0 bridgehead atoms. The Kier molecular flexibility index (Phi) is 3.89. The molecule has 3 N–H and O–H groups in total. The molecule has 1 aromatic rings. The van der Waals surface area contributed by atoms with E-state index in [1.807, 2.05) is 12.1 Å². The molecule has 100 valence electrons. The predicted octanol–water partition coefficient (Wildman–Crippen LogP) is 0.522. The highest BCUT2D eigenvalue weighted by Gasteiger charge is 2.24. The van der Waals surface area contributed by atoms with Crippen molar-refractivity contribution in [2.24, 2.45) is 5.14 Å². The fourth-order valence-corrected chi connectivity index (χ4v) is 2.60. The van der Waals surface area contributed by atoms with Gasteiger partial charge < -0.3 is 10.2 Å². The zero-order valence-corrected chi connectivity index (χ0v) is 11.3. The van der Waals surface area contributed by atoms with Crippen molar-refractivity contribution in [1.29, 1.82) is 0 Å².